The van der Waals surface area contributed by atoms with E-state index in [1.807, 2.05) is 28.1 Å². The van der Waals surface area contributed by atoms with E-state index in [-0.39, 0.29) is 34.0 Å². The smallest absolute Gasteiger partial charge is 0.259 e. The van der Waals surface area contributed by atoms with Gasteiger partial charge in [-0.3, -0.25) is 14.6 Å². The molecule has 2 aliphatic rings. The largest absolute Gasteiger partial charge is 0.494 e. The molecule has 2 aliphatic heterocycles. The molecule has 1 atom stereocenters. The summed E-state index contributed by atoms with van der Waals surface area (Å²) in [6.45, 7) is 1.57. The van der Waals surface area contributed by atoms with Gasteiger partial charge in [0, 0.05) is 54.1 Å². The van der Waals surface area contributed by atoms with Gasteiger partial charge >= 0.3 is 0 Å². The summed E-state index contributed by atoms with van der Waals surface area (Å²) in [5.41, 5.74) is 7.63. The zero-order valence-corrected chi connectivity index (χ0v) is 26.4. The van der Waals surface area contributed by atoms with Gasteiger partial charge < -0.3 is 30.9 Å². The van der Waals surface area contributed by atoms with Crippen LogP contribution in [0.3, 0.4) is 0 Å². The van der Waals surface area contributed by atoms with Gasteiger partial charge in [0.25, 0.3) is 11.8 Å². The van der Waals surface area contributed by atoms with Gasteiger partial charge in [-0.2, -0.15) is 0 Å². The Labute approximate surface area is 272 Å². The summed E-state index contributed by atoms with van der Waals surface area (Å²) in [4.78, 5) is 44.6. The number of aliphatic imine (C=N–C) groups is 2. The fraction of sp³-hybridized carbons (Fsp3) is 0.207. The van der Waals surface area contributed by atoms with E-state index in [0.29, 0.717) is 41.2 Å². The standard InChI is InChI=1S/C29H27Cl3N8O3S/c1-43-22-13-19(31)12-21(28(42)36-23-7-6-18(30)14-35-23)25(22)38-27(41)20-5-2-4-17(26(20)44-32)15-39-11-8-24(37-29(39)33)40-10-3-9-34-16-40/h2-7,9-10,12-14,24H,8,11,15-16H2,1H3,(H2,33,37)(H,38,41)(H,35,36,42). The lowest BCUT2D eigenvalue weighted by Crippen LogP contribution is -2.47. The van der Waals surface area contributed by atoms with Gasteiger partial charge in [-0.1, -0.05) is 35.3 Å². The van der Waals surface area contributed by atoms with Gasteiger partial charge in [0.15, 0.2) is 5.96 Å². The Hall–Kier alpha value is -3.97. The molecule has 0 aliphatic carbocycles. The molecule has 0 spiro atoms. The number of halogens is 3. The molecule has 228 valence electrons. The molecule has 1 unspecified atom stereocenters. The first kappa shape index (κ1) is 31.5. The van der Waals surface area contributed by atoms with Crippen LogP contribution in [0.1, 0.15) is 32.7 Å². The molecule has 3 aromatic rings. The minimum absolute atomic E-state index is 0.0665. The highest BCUT2D eigenvalue weighted by Gasteiger charge is 2.26. The number of benzene rings is 2. The summed E-state index contributed by atoms with van der Waals surface area (Å²) < 4.78 is 5.47. The van der Waals surface area contributed by atoms with E-state index in [4.69, 9.17) is 44.4 Å². The van der Waals surface area contributed by atoms with Crippen LogP contribution in [0.15, 0.2) is 75.8 Å². The molecule has 2 aromatic carbocycles. The number of rotatable bonds is 9. The van der Waals surface area contributed by atoms with E-state index in [0.717, 1.165) is 23.0 Å². The molecule has 5 rings (SSSR count). The van der Waals surface area contributed by atoms with Crippen molar-refractivity contribution in [3.05, 3.63) is 87.7 Å². The number of carbonyl (C=O) groups is 2. The molecule has 0 saturated carbocycles. The lowest BCUT2D eigenvalue weighted by molar-refractivity contribution is 0.102. The number of amides is 2. The number of nitrogens with two attached hydrogens (primary N) is 1. The first-order chi connectivity index (χ1) is 21.3. The van der Waals surface area contributed by atoms with Gasteiger partial charge in [-0.25, -0.2) is 9.98 Å². The van der Waals surface area contributed by atoms with Gasteiger partial charge in [0.05, 0.1) is 28.9 Å². The van der Waals surface area contributed by atoms with Crippen molar-refractivity contribution in [2.75, 3.05) is 31.0 Å². The number of nitrogens with zero attached hydrogens (tertiary/aromatic N) is 5. The van der Waals surface area contributed by atoms with Crippen molar-refractivity contribution in [3.63, 3.8) is 0 Å². The Morgan fingerprint density at radius 1 is 1.11 bits per heavy atom. The van der Waals surface area contributed by atoms with E-state index in [2.05, 4.69) is 25.6 Å². The van der Waals surface area contributed by atoms with Gasteiger partial charge in [0.1, 0.15) is 24.4 Å². The van der Waals surface area contributed by atoms with E-state index in [9.17, 15) is 9.59 Å². The first-order valence-corrected chi connectivity index (χ1v) is 15.7. The molecule has 44 heavy (non-hydrogen) atoms. The summed E-state index contributed by atoms with van der Waals surface area (Å²) in [7, 11) is 8.66. The van der Waals surface area contributed by atoms with Gasteiger partial charge in [-0.15, -0.1) is 0 Å². The molecular weight excluding hydrogens is 647 g/mol. The number of nitrogens with one attached hydrogen (secondary N) is 2. The van der Waals surface area contributed by atoms with Gasteiger partial charge in [-0.05, 0) is 57.6 Å². The van der Waals surface area contributed by atoms with E-state index >= 15 is 0 Å². The number of aromatic nitrogens is 1. The van der Waals surface area contributed by atoms with Crippen LogP contribution in [0, 0.1) is 0 Å². The van der Waals surface area contributed by atoms with Crippen molar-refractivity contribution < 1.29 is 14.3 Å². The molecule has 15 heteroatoms. The molecular formula is C29H27Cl3N8O3S. The highest BCUT2D eigenvalue weighted by molar-refractivity contribution is 8.21. The molecule has 0 fully saturated rings. The van der Waals surface area contributed by atoms with Crippen molar-refractivity contribution in [2.45, 2.75) is 24.0 Å². The fourth-order valence-corrected chi connectivity index (χ4v) is 6.07. The molecule has 2 amide bonds. The number of hydrogen-bond acceptors (Lipinski definition) is 10. The van der Waals surface area contributed by atoms with Crippen LogP contribution >= 0.6 is 44.9 Å². The van der Waals surface area contributed by atoms with Crippen molar-refractivity contribution >= 4 is 80.4 Å². The maximum absolute atomic E-state index is 13.7. The number of methoxy groups -OCH3 is 1. The van der Waals surface area contributed by atoms with Crippen LogP contribution in [0.5, 0.6) is 5.75 Å². The van der Waals surface area contributed by atoms with Crippen molar-refractivity contribution in [2.24, 2.45) is 15.7 Å². The lowest BCUT2D eigenvalue weighted by atomic mass is 10.1. The van der Waals surface area contributed by atoms with Crippen LogP contribution in [0.2, 0.25) is 10.0 Å². The number of guanidine groups is 1. The van der Waals surface area contributed by atoms with Crippen LogP contribution < -0.4 is 21.1 Å². The van der Waals surface area contributed by atoms with Crippen LogP contribution in [-0.2, 0) is 6.54 Å². The quantitative estimate of drug-likeness (QED) is 0.257. The summed E-state index contributed by atoms with van der Waals surface area (Å²) in [5.74, 6) is -0.232. The summed E-state index contributed by atoms with van der Waals surface area (Å²) in [5, 5.41) is 6.16. The predicted molar refractivity (Wildman–Crippen MR) is 176 cm³/mol. The number of ether oxygens (including phenoxy) is 1. The van der Waals surface area contributed by atoms with Crippen LogP contribution in [-0.4, -0.2) is 65.3 Å². The molecule has 11 nitrogen and oxygen atoms in total. The Morgan fingerprint density at radius 3 is 2.61 bits per heavy atom. The van der Waals surface area contributed by atoms with E-state index in [1.165, 1.54) is 25.4 Å². The maximum atomic E-state index is 13.7. The van der Waals surface area contributed by atoms with Crippen LogP contribution in [0.25, 0.3) is 0 Å². The fourth-order valence-electron chi connectivity index (χ4n) is 4.73. The number of pyridine rings is 1. The van der Waals surface area contributed by atoms with Crippen molar-refractivity contribution in [3.8, 4) is 5.75 Å². The summed E-state index contributed by atoms with van der Waals surface area (Å²) in [6.07, 6.45) is 7.62. The Bertz CT molecular complexity index is 1650. The molecule has 1 aromatic heterocycles. The highest BCUT2D eigenvalue weighted by Crippen LogP contribution is 2.36. The minimum Gasteiger partial charge on any atom is -0.494 e. The third-order valence-corrected chi connectivity index (χ3v) is 8.42. The van der Waals surface area contributed by atoms with Crippen molar-refractivity contribution in [1.82, 2.24) is 14.8 Å². The Balaban J connectivity index is 1.38. The molecule has 3 heterocycles. The SMILES string of the molecule is COc1cc(Cl)cc(C(=O)Nc2ccc(Cl)cn2)c1NC(=O)c1cccc(CN2CCC(N3C=CC=NC3)N=C2N)c1SCl. The zero-order valence-electron chi connectivity index (χ0n) is 23.3. The number of carbonyl (C=O) groups excluding carboxylic acids is 2. The second-order valence-electron chi connectivity index (χ2n) is 9.68. The molecule has 0 bridgehead atoms. The summed E-state index contributed by atoms with van der Waals surface area (Å²) >= 11 is 12.2. The molecule has 0 radical (unpaired) electrons. The molecule has 0 saturated heterocycles. The first-order valence-electron chi connectivity index (χ1n) is 13.3. The second kappa shape index (κ2) is 14.2. The van der Waals surface area contributed by atoms with E-state index in [1.54, 1.807) is 30.5 Å². The number of allylic oxidation sites excluding steroid dienone is 1. The average molecular weight is 674 g/mol. The Kier molecular flexibility index (Phi) is 10.2. The maximum Gasteiger partial charge on any atom is 0.259 e. The lowest BCUT2D eigenvalue weighted by Gasteiger charge is -2.35. The number of hydrogen-bond donors (Lipinski definition) is 3. The Morgan fingerprint density at radius 2 is 1.93 bits per heavy atom. The third kappa shape index (κ3) is 7.21. The van der Waals surface area contributed by atoms with E-state index < -0.39 is 11.8 Å². The third-order valence-electron chi connectivity index (χ3n) is 6.88. The number of anilines is 2. The monoisotopic (exact) mass is 672 g/mol. The summed E-state index contributed by atoms with van der Waals surface area (Å²) in [6, 6.07) is 11.4. The highest BCUT2D eigenvalue weighted by atomic mass is 35.7. The zero-order chi connectivity index (χ0) is 31.2. The topological polar surface area (TPSA) is 138 Å². The van der Waals surface area contributed by atoms with Crippen molar-refractivity contribution in [1.29, 1.82) is 0 Å². The minimum atomic E-state index is -0.568. The normalized spacial score (nSPS) is 16.0. The second-order valence-corrected chi connectivity index (χ2v) is 11.6. The van der Waals surface area contributed by atoms with Gasteiger partial charge in [0.2, 0.25) is 0 Å². The van der Waals surface area contributed by atoms with Crippen LogP contribution in [0.4, 0.5) is 11.5 Å². The molecule has 4 N–H and O–H groups in total. The predicted octanol–water partition coefficient (Wildman–Crippen LogP) is 5.85. The average Bonchev–Trinajstić information content (AvgIpc) is 3.03.